The minimum absolute atomic E-state index is 0.138. The van der Waals surface area contributed by atoms with E-state index in [4.69, 9.17) is 102 Å². The number of ether oxygens (including phenoxy) is 2. The smallest absolute Gasteiger partial charge is 0.153 e. The number of carbonyl (C=O) groups is 6. The first kappa shape index (κ1) is 52.6. The number of fused-ring (bicyclic) bond motifs is 10. The molecule has 6 heterocycles. The van der Waals surface area contributed by atoms with E-state index >= 15 is 0 Å². The van der Waals surface area contributed by atoms with Gasteiger partial charge in [0.2, 0.25) is 0 Å². The summed E-state index contributed by atoms with van der Waals surface area (Å²) in [6.45, 7) is 10.4. The van der Waals surface area contributed by atoms with Gasteiger partial charge in [-0.2, -0.15) is 0 Å². The summed E-state index contributed by atoms with van der Waals surface area (Å²) in [5, 5.41) is 65.8. The molecule has 2 N–H and O–H groups in total. The first-order valence-corrected chi connectivity index (χ1v) is 22.4. The molecule has 0 bridgehead atoms. The van der Waals surface area contributed by atoms with E-state index in [1.54, 1.807) is 0 Å². The van der Waals surface area contributed by atoms with Gasteiger partial charge in [-0.15, -0.1) is 0 Å². The summed E-state index contributed by atoms with van der Waals surface area (Å²) in [6.07, 6.45) is 2.21. The Kier molecular flexibility index (Phi) is 18.6. The van der Waals surface area contributed by atoms with Crippen LogP contribution >= 0.6 is 23.2 Å². The fraction of sp³-hybridized carbons (Fsp3) is 0.348. The Morgan fingerprint density at radius 2 is 0.814 bits per heavy atom. The van der Waals surface area contributed by atoms with Crippen molar-refractivity contribution in [1.82, 2.24) is 20.4 Å². The Morgan fingerprint density at radius 3 is 1.14 bits per heavy atom. The van der Waals surface area contributed by atoms with Crippen molar-refractivity contribution in [3.63, 3.8) is 0 Å². The molecule has 4 aromatic carbocycles. The average molecular weight is 1010 g/mol. The van der Waals surface area contributed by atoms with Crippen molar-refractivity contribution >= 4 is 70.4 Å². The number of rotatable bonds is 4. The molecule has 0 saturated carbocycles. The van der Waals surface area contributed by atoms with E-state index in [0.29, 0.717) is 10.0 Å². The number of hydrogen-bond acceptors (Lipinski definition) is 22. The maximum atomic E-state index is 8.93. The van der Waals surface area contributed by atoms with Crippen LogP contribution < -0.4 is 60.9 Å². The molecule has 4 saturated heterocycles. The lowest BCUT2D eigenvalue weighted by molar-refractivity contribution is -0.345. The number of nitrogens with zero attached hydrogens (tertiary/aromatic N) is 4. The molecule has 10 rings (SSSR count). The second-order valence-corrected chi connectivity index (χ2v) is 16.8. The van der Waals surface area contributed by atoms with Gasteiger partial charge in [0.1, 0.15) is 35.1 Å². The molecule has 4 aromatic rings. The van der Waals surface area contributed by atoms with E-state index in [1.807, 2.05) is 70.8 Å². The van der Waals surface area contributed by atoms with Gasteiger partial charge in [-0.25, -0.2) is 10.1 Å². The Hall–Kier alpha value is -6.76. The lowest BCUT2D eigenvalue weighted by Gasteiger charge is -2.29. The summed E-state index contributed by atoms with van der Waals surface area (Å²) in [5.41, 5.74) is 4.15. The predicted molar refractivity (Wildman–Crippen MR) is 234 cm³/mol. The van der Waals surface area contributed by atoms with E-state index in [1.165, 1.54) is 11.1 Å². The summed E-state index contributed by atoms with van der Waals surface area (Å²) in [5.74, 6) is -9.75. The zero-order chi connectivity index (χ0) is 50.5. The summed E-state index contributed by atoms with van der Waals surface area (Å²) in [6, 6.07) is 28.2. The normalized spacial score (nSPS) is 20.5. The van der Waals surface area contributed by atoms with Gasteiger partial charge >= 0.3 is 0 Å². The van der Waals surface area contributed by atoms with Crippen molar-refractivity contribution in [1.29, 1.82) is 0 Å². The fourth-order valence-electron chi connectivity index (χ4n) is 8.21. The van der Waals surface area contributed by atoms with Crippen LogP contribution in [0.5, 0.6) is 23.0 Å². The number of halogens is 2. The van der Waals surface area contributed by atoms with Crippen LogP contribution in [0.2, 0.25) is 10.0 Å². The Balaban J connectivity index is 0.000000171. The quantitative estimate of drug-likeness (QED) is 0.189. The molecule has 0 spiro atoms. The number of para-hydroxylation sites is 2. The number of anilines is 2. The van der Waals surface area contributed by atoms with E-state index in [0.717, 1.165) is 113 Å². The first-order valence-electron chi connectivity index (χ1n) is 21.7. The van der Waals surface area contributed by atoms with E-state index in [-0.39, 0.29) is 24.3 Å². The molecule has 6 aliphatic rings. The number of carboxylic acid groups (broad SMARTS) is 6. The van der Waals surface area contributed by atoms with Gasteiger partial charge in [-0.05, 0) is 48.5 Å². The minimum atomic E-state index is -2.19. The van der Waals surface area contributed by atoms with Gasteiger partial charge in [-0.1, -0.05) is 59.6 Å². The Bertz CT molecular complexity index is 2300. The van der Waals surface area contributed by atoms with Crippen LogP contribution in [0.25, 0.3) is 0 Å². The maximum Gasteiger partial charge on any atom is 0.153 e. The average Bonchev–Trinajstić information content (AvgIpc) is 3.90. The molecule has 0 amide bonds. The number of carboxylic acids is 6. The third kappa shape index (κ3) is 14.2. The molecule has 0 radical (unpaired) electrons. The maximum absolute atomic E-state index is 8.93. The van der Waals surface area contributed by atoms with Gasteiger partial charge in [0.15, 0.2) is 11.5 Å². The van der Waals surface area contributed by atoms with Crippen molar-refractivity contribution in [2.45, 2.75) is 37.1 Å². The largest absolute Gasteiger partial charge is 0.543 e. The van der Waals surface area contributed by atoms with Crippen LogP contribution in [0.15, 0.2) is 84.9 Å². The Morgan fingerprint density at radius 1 is 0.486 bits per heavy atom. The molecule has 4 fully saturated rings. The van der Waals surface area contributed by atoms with Crippen molar-refractivity contribution in [2.75, 3.05) is 75.6 Å². The van der Waals surface area contributed by atoms with E-state index in [9.17, 15) is 0 Å². The van der Waals surface area contributed by atoms with Gasteiger partial charge in [0.05, 0.1) is 47.9 Å². The van der Waals surface area contributed by atoms with Crippen molar-refractivity contribution in [3.05, 3.63) is 106 Å². The molecule has 22 nitrogen and oxygen atoms in total. The zero-order valence-electron chi connectivity index (χ0n) is 37.0. The second-order valence-electron chi connectivity index (χ2n) is 15.9. The summed E-state index contributed by atoms with van der Waals surface area (Å²) >= 11 is 12.5. The monoisotopic (exact) mass is 1010 g/mol. The molecule has 70 heavy (non-hydrogen) atoms. The van der Waals surface area contributed by atoms with E-state index in [2.05, 4.69) is 44.7 Å². The van der Waals surface area contributed by atoms with Crippen LogP contribution in [0.1, 0.15) is 36.1 Å². The first-order chi connectivity index (χ1) is 33.5. The molecule has 6 aliphatic heterocycles. The van der Waals surface area contributed by atoms with Gasteiger partial charge in [-0.3, -0.25) is 19.5 Å². The summed E-state index contributed by atoms with van der Waals surface area (Å²) < 4.78 is 12.4. The number of aliphatic carboxylic acids is 6. The molecule has 4 unspecified atom stereocenters. The summed E-state index contributed by atoms with van der Waals surface area (Å²) in [7, 11) is 0. The molecule has 374 valence electrons. The number of hydroxylamine groups is 2. The van der Waals surface area contributed by atoms with Crippen LogP contribution in [-0.4, -0.2) is 123 Å². The number of carbonyl (C=O) groups excluding carboxylic acids is 6. The molecule has 4 atom stereocenters. The SMILES string of the molecule is Clc1ccc2c(c1)N1OC(CN3CCNCC3)CC1c1ccccc1O2.Clc1ccc2c(c1)N1OC(CN3CCNCC3)CC1c1ccccc1O2.O=C([O-])C(=O)[O-].O=C([O-])C(=O)[O-].O=C([O-])C(=O)[O-]. The van der Waals surface area contributed by atoms with Gasteiger partial charge in [0.25, 0.3) is 0 Å². The molecular formula is C46H44Cl2N6O16-6. The van der Waals surface area contributed by atoms with Crippen LogP contribution in [0.3, 0.4) is 0 Å². The summed E-state index contributed by atoms with van der Waals surface area (Å²) in [4.78, 5) is 71.4. The highest BCUT2D eigenvalue weighted by Crippen LogP contribution is 2.51. The van der Waals surface area contributed by atoms with Gasteiger partial charge in [0, 0.05) is 99.5 Å². The van der Waals surface area contributed by atoms with Crippen LogP contribution in [0.4, 0.5) is 11.4 Å². The Labute approximate surface area is 409 Å². The predicted octanol–water partition coefficient (Wildman–Crippen LogP) is -3.34. The highest BCUT2D eigenvalue weighted by atomic mass is 35.5. The lowest BCUT2D eigenvalue weighted by Crippen LogP contribution is -2.46. The number of hydrogen-bond donors (Lipinski definition) is 2. The molecule has 0 aliphatic carbocycles. The van der Waals surface area contributed by atoms with Crippen LogP contribution in [0, 0.1) is 0 Å². The fourth-order valence-corrected chi connectivity index (χ4v) is 8.54. The van der Waals surface area contributed by atoms with Crippen molar-refractivity contribution in [2.24, 2.45) is 0 Å². The standard InChI is InChI=1S/2C20H22ClN3O2.3C2H2O4/c2*21-14-5-6-20-18(11-14)24-17(16-3-1-2-4-19(16)25-20)12-15(26-24)13-23-9-7-22-8-10-23;3*3-1(4)2(5)6/h2*1-6,11,15,17,22H,7-10,12-13H2;3*(H,3,4)(H,5,6)/p-6. The topological polar surface area (TPSA) is 315 Å². The number of benzene rings is 4. The third-order valence-electron chi connectivity index (χ3n) is 11.2. The number of piperazine rings is 2. The minimum Gasteiger partial charge on any atom is -0.543 e. The van der Waals surface area contributed by atoms with Crippen LogP contribution in [-0.2, 0) is 38.4 Å². The lowest BCUT2D eigenvalue weighted by atomic mass is 10.00. The number of nitrogens with one attached hydrogen (secondary N) is 2. The zero-order valence-corrected chi connectivity index (χ0v) is 38.5. The van der Waals surface area contributed by atoms with Crippen molar-refractivity contribution < 1.29 is 78.6 Å². The molecule has 0 aromatic heterocycles. The highest BCUT2D eigenvalue weighted by molar-refractivity contribution is 6.31. The second kappa shape index (κ2) is 24.7. The third-order valence-corrected chi connectivity index (χ3v) is 11.7. The van der Waals surface area contributed by atoms with Gasteiger partial charge < -0.3 is 79.5 Å². The van der Waals surface area contributed by atoms with Crippen molar-refractivity contribution in [3.8, 4) is 23.0 Å². The highest BCUT2D eigenvalue weighted by Gasteiger charge is 2.42. The molecular weight excluding hydrogens is 963 g/mol. The van der Waals surface area contributed by atoms with E-state index < -0.39 is 35.8 Å². The molecule has 24 heteroatoms.